The van der Waals surface area contributed by atoms with Gasteiger partial charge >= 0.3 is 0 Å². The first-order chi connectivity index (χ1) is 9.65. The van der Waals surface area contributed by atoms with E-state index in [4.69, 9.17) is 10.2 Å². The number of anilines is 1. The van der Waals surface area contributed by atoms with Gasteiger partial charge in [0.05, 0.1) is 5.56 Å². The van der Waals surface area contributed by atoms with Crippen LogP contribution in [0.25, 0.3) is 22.6 Å². The summed E-state index contributed by atoms with van der Waals surface area (Å²) in [4.78, 5) is 12.0. The molecule has 0 spiro atoms. The third kappa shape index (κ3) is 1.37. The average Bonchev–Trinajstić information content (AvgIpc) is 2.77. The lowest BCUT2D eigenvalue weighted by molar-refractivity contribution is 0.576. The molecule has 1 aliphatic heterocycles. The van der Waals surface area contributed by atoms with E-state index in [0.717, 1.165) is 40.1 Å². The molecule has 0 bridgehead atoms. The van der Waals surface area contributed by atoms with E-state index in [2.05, 4.69) is 0 Å². The molecule has 3 heteroatoms. The Hall–Kier alpha value is -2.55. The second kappa shape index (κ2) is 3.73. The van der Waals surface area contributed by atoms with Crippen LogP contribution in [0.4, 0.5) is 5.69 Å². The van der Waals surface area contributed by atoms with Crippen LogP contribution in [0.15, 0.2) is 45.6 Å². The van der Waals surface area contributed by atoms with Gasteiger partial charge in [0.2, 0.25) is 0 Å². The molecule has 98 valence electrons. The Bertz CT molecular complexity index is 877. The fourth-order valence-corrected chi connectivity index (χ4v) is 3.06. The molecule has 4 rings (SSSR count). The molecule has 2 N–H and O–H groups in total. The molecular weight excluding hydrogens is 250 g/mol. The van der Waals surface area contributed by atoms with E-state index in [1.165, 1.54) is 0 Å². The number of benzene rings is 2. The Morgan fingerprint density at radius 1 is 1.20 bits per heavy atom. The molecule has 1 aromatic rings. The van der Waals surface area contributed by atoms with Gasteiger partial charge in [-0.15, -0.1) is 0 Å². The molecule has 0 atom stereocenters. The van der Waals surface area contributed by atoms with E-state index in [-0.39, 0.29) is 5.43 Å². The number of fused-ring (bicyclic) bond motifs is 4. The van der Waals surface area contributed by atoms with Gasteiger partial charge in [-0.25, -0.2) is 0 Å². The zero-order chi connectivity index (χ0) is 13.9. The maximum atomic E-state index is 12.0. The maximum Gasteiger partial charge on any atom is 0.189 e. The van der Waals surface area contributed by atoms with Crippen molar-refractivity contribution in [1.82, 2.24) is 0 Å². The summed E-state index contributed by atoms with van der Waals surface area (Å²) in [5, 5.41) is 0. The number of hydrogen-bond acceptors (Lipinski definition) is 3. The molecule has 0 fully saturated rings. The van der Waals surface area contributed by atoms with Crippen molar-refractivity contribution in [3.8, 4) is 22.6 Å². The normalized spacial score (nSPS) is 12.4. The molecular formula is C17H13NO2. The van der Waals surface area contributed by atoms with Crippen LogP contribution in [0.5, 0.6) is 0 Å². The van der Waals surface area contributed by atoms with Crippen LogP contribution >= 0.6 is 0 Å². The average molecular weight is 263 g/mol. The second-order valence-corrected chi connectivity index (χ2v) is 5.26. The highest BCUT2D eigenvalue weighted by Crippen LogP contribution is 2.42. The minimum Gasteiger partial charge on any atom is -0.456 e. The number of rotatable bonds is 0. The van der Waals surface area contributed by atoms with E-state index >= 15 is 0 Å². The Labute approximate surface area is 116 Å². The van der Waals surface area contributed by atoms with E-state index in [0.29, 0.717) is 11.3 Å². The molecule has 0 amide bonds. The summed E-state index contributed by atoms with van der Waals surface area (Å²) in [5.41, 5.74) is 11.7. The van der Waals surface area contributed by atoms with E-state index in [1.54, 1.807) is 12.1 Å². The lowest BCUT2D eigenvalue weighted by atomic mass is 9.99. The Kier molecular flexibility index (Phi) is 2.11. The standard InChI is InChI=1S/C17H13NO2/c1-9-13-8-10-7-11(18)5-6-12(10)17(13)20-15-4-2-3-14(19)16(9)15/h2-7H,8,18H2,1H3. The Morgan fingerprint density at radius 2 is 2.05 bits per heavy atom. The predicted molar refractivity (Wildman–Crippen MR) is 79.0 cm³/mol. The van der Waals surface area contributed by atoms with Crippen LogP contribution in [0.1, 0.15) is 16.7 Å². The smallest absolute Gasteiger partial charge is 0.189 e. The summed E-state index contributed by atoms with van der Waals surface area (Å²) >= 11 is 0. The van der Waals surface area contributed by atoms with Crippen LogP contribution in [0.2, 0.25) is 0 Å². The summed E-state index contributed by atoms with van der Waals surface area (Å²) < 4.78 is 5.99. The fraction of sp³-hybridized carbons (Fsp3) is 0.118. The number of nitrogens with two attached hydrogens (primary N) is 1. The van der Waals surface area contributed by atoms with Crippen LogP contribution in [-0.4, -0.2) is 0 Å². The summed E-state index contributed by atoms with van der Waals surface area (Å²) in [6.45, 7) is 1.99. The second-order valence-electron chi connectivity index (χ2n) is 5.26. The molecule has 20 heavy (non-hydrogen) atoms. The molecule has 0 saturated carbocycles. The zero-order valence-corrected chi connectivity index (χ0v) is 11.1. The summed E-state index contributed by atoms with van der Waals surface area (Å²) in [6, 6.07) is 11.0. The molecule has 1 heterocycles. The lowest BCUT2D eigenvalue weighted by Crippen LogP contribution is -2.07. The third-order valence-electron chi connectivity index (χ3n) is 4.04. The first-order valence-electron chi connectivity index (χ1n) is 6.59. The molecule has 1 aromatic carbocycles. The van der Waals surface area contributed by atoms with Crippen LogP contribution in [-0.2, 0) is 6.42 Å². The lowest BCUT2D eigenvalue weighted by Gasteiger charge is -2.12. The topological polar surface area (TPSA) is 56.2 Å². The van der Waals surface area contributed by atoms with Crippen molar-refractivity contribution in [2.45, 2.75) is 13.3 Å². The largest absolute Gasteiger partial charge is 0.456 e. The summed E-state index contributed by atoms with van der Waals surface area (Å²) in [5.74, 6) is 1.52. The third-order valence-corrected chi connectivity index (χ3v) is 4.04. The predicted octanol–water partition coefficient (Wildman–Crippen LogP) is 3.21. The van der Waals surface area contributed by atoms with Gasteiger partial charge in [-0.3, -0.25) is 4.79 Å². The quantitative estimate of drug-likeness (QED) is 0.496. The van der Waals surface area contributed by atoms with Gasteiger partial charge < -0.3 is 10.2 Å². The zero-order valence-electron chi connectivity index (χ0n) is 11.1. The van der Waals surface area contributed by atoms with Crippen molar-refractivity contribution < 1.29 is 4.42 Å². The minimum absolute atomic E-state index is 0.0158. The molecule has 0 radical (unpaired) electrons. The summed E-state index contributed by atoms with van der Waals surface area (Å²) in [6.07, 6.45) is 0.773. The van der Waals surface area contributed by atoms with Crippen molar-refractivity contribution in [1.29, 1.82) is 0 Å². The first kappa shape index (κ1) is 11.3. The van der Waals surface area contributed by atoms with Gasteiger partial charge in [-0.2, -0.15) is 0 Å². The van der Waals surface area contributed by atoms with Gasteiger partial charge in [0.25, 0.3) is 0 Å². The van der Waals surface area contributed by atoms with Crippen LogP contribution < -0.4 is 11.2 Å². The molecule has 3 nitrogen and oxygen atoms in total. The Morgan fingerprint density at radius 3 is 2.90 bits per heavy atom. The van der Waals surface area contributed by atoms with Crippen molar-refractivity contribution in [3.05, 3.63) is 63.3 Å². The molecule has 0 aromatic heterocycles. The summed E-state index contributed by atoms with van der Waals surface area (Å²) in [7, 11) is 0. The molecule has 0 saturated heterocycles. The van der Waals surface area contributed by atoms with Crippen LogP contribution in [0.3, 0.4) is 0 Å². The molecule has 2 aliphatic carbocycles. The van der Waals surface area contributed by atoms with E-state index < -0.39 is 0 Å². The van der Waals surface area contributed by atoms with Gasteiger partial charge in [-0.05, 0) is 48.4 Å². The number of hydrogen-bond donors (Lipinski definition) is 1. The molecule has 0 unspecified atom stereocenters. The first-order valence-corrected chi connectivity index (χ1v) is 6.59. The van der Waals surface area contributed by atoms with Crippen molar-refractivity contribution in [2.24, 2.45) is 0 Å². The van der Waals surface area contributed by atoms with Crippen molar-refractivity contribution in [3.63, 3.8) is 0 Å². The van der Waals surface area contributed by atoms with Crippen molar-refractivity contribution >= 4 is 5.69 Å². The van der Waals surface area contributed by atoms with E-state index in [9.17, 15) is 4.79 Å². The Balaban J connectivity index is 2.11. The minimum atomic E-state index is 0.0158. The van der Waals surface area contributed by atoms with Crippen LogP contribution in [0, 0.1) is 6.92 Å². The van der Waals surface area contributed by atoms with Gasteiger partial charge in [0, 0.05) is 23.2 Å². The monoisotopic (exact) mass is 263 g/mol. The highest BCUT2D eigenvalue weighted by atomic mass is 16.3. The van der Waals surface area contributed by atoms with Gasteiger partial charge in [0.15, 0.2) is 5.43 Å². The number of nitrogen functional groups attached to an aromatic ring is 1. The van der Waals surface area contributed by atoms with Gasteiger partial charge in [-0.1, -0.05) is 6.07 Å². The molecule has 3 aliphatic rings. The van der Waals surface area contributed by atoms with Gasteiger partial charge in [0.1, 0.15) is 11.5 Å². The highest BCUT2D eigenvalue weighted by Gasteiger charge is 2.27. The maximum absolute atomic E-state index is 12.0. The van der Waals surface area contributed by atoms with Crippen molar-refractivity contribution in [2.75, 3.05) is 5.73 Å². The van der Waals surface area contributed by atoms with E-state index in [1.807, 2.05) is 31.2 Å². The SMILES string of the molecule is Cc1c2c(oc3cccc(=O)c1-3)-c1ccc(N)cc1C2. The fourth-order valence-electron chi connectivity index (χ4n) is 3.06. The highest BCUT2D eigenvalue weighted by molar-refractivity contribution is 5.79.